The molecule has 3 rings (SSSR count). The molecule has 3 aromatic rings. The molecule has 0 saturated carbocycles. The molecule has 39 heavy (non-hydrogen) atoms. The molecule has 0 saturated heterocycles. The van der Waals surface area contributed by atoms with Gasteiger partial charge in [0, 0.05) is 31.9 Å². The van der Waals surface area contributed by atoms with Gasteiger partial charge in [-0.3, -0.25) is 4.79 Å². The summed E-state index contributed by atoms with van der Waals surface area (Å²) in [7, 11) is 1.52. The van der Waals surface area contributed by atoms with Crippen molar-refractivity contribution in [2.24, 2.45) is 0 Å². The summed E-state index contributed by atoms with van der Waals surface area (Å²) >= 11 is 18.0. The topological polar surface area (TPSA) is 45.2 Å². The number of aromatic nitrogens is 1. The monoisotopic (exact) mass is 615 g/mol. The Bertz CT molecular complexity index is 1320. The molecule has 4 nitrogen and oxygen atoms in total. The number of amides is 1. The van der Waals surface area contributed by atoms with E-state index in [9.17, 15) is 35.5 Å². The Morgan fingerprint density at radius 1 is 0.872 bits per heavy atom. The van der Waals surface area contributed by atoms with E-state index in [1.165, 1.54) is 24.2 Å². The van der Waals surface area contributed by atoms with Gasteiger partial charge in [-0.1, -0.05) is 65.1 Å². The number of hydrogen-bond donors (Lipinski definition) is 1. The quantitative estimate of drug-likeness (QED) is 0.259. The maximum atomic E-state index is 14.4. The molecule has 0 aliphatic rings. The van der Waals surface area contributed by atoms with Gasteiger partial charge in [0.05, 0.1) is 20.6 Å². The number of pyridine rings is 1. The summed E-state index contributed by atoms with van der Waals surface area (Å²) in [5.74, 6) is -0.388. The second-order valence-electron chi connectivity index (χ2n) is 8.38. The molecule has 0 aliphatic carbocycles. The number of halogens is 10. The molecule has 0 fully saturated rings. The van der Waals surface area contributed by atoms with Crippen LogP contribution in [0.15, 0.2) is 54.7 Å². The first kappa shape index (κ1) is 30.8. The first-order valence-electron chi connectivity index (χ1n) is 11.1. The van der Waals surface area contributed by atoms with Crippen LogP contribution in [0.5, 0.6) is 0 Å². The third kappa shape index (κ3) is 6.70. The number of carbonyl (C=O) groups is 1. The van der Waals surface area contributed by atoms with Gasteiger partial charge in [-0.05, 0) is 35.7 Å². The molecular weight excluding hydrogens is 598 g/mol. The molecule has 0 unspecified atom stereocenters. The molecule has 1 aromatic heterocycles. The van der Waals surface area contributed by atoms with Crippen molar-refractivity contribution in [3.8, 4) is 0 Å². The van der Waals surface area contributed by atoms with Gasteiger partial charge >= 0.3 is 18.0 Å². The van der Waals surface area contributed by atoms with Gasteiger partial charge in [0.25, 0.3) is 5.91 Å². The first-order chi connectivity index (χ1) is 18.1. The Kier molecular flexibility index (Phi) is 9.29. The average Bonchev–Trinajstić information content (AvgIpc) is 2.86. The van der Waals surface area contributed by atoms with Gasteiger partial charge in [-0.25, -0.2) is 9.37 Å². The lowest BCUT2D eigenvalue weighted by Gasteiger charge is -2.30. The fourth-order valence-electron chi connectivity index (χ4n) is 3.73. The third-order valence-corrected chi connectivity index (χ3v) is 6.72. The normalized spacial score (nSPS) is 12.4. The maximum absolute atomic E-state index is 14.4. The first-order valence-corrected chi connectivity index (χ1v) is 12.2. The fourth-order valence-corrected chi connectivity index (χ4v) is 4.21. The lowest BCUT2D eigenvalue weighted by atomic mass is 9.93. The molecule has 210 valence electrons. The summed E-state index contributed by atoms with van der Waals surface area (Å²) < 4.78 is 93.1. The number of alkyl halides is 7. The summed E-state index contributed by atoms with van der Waals surface area (Å²) in [4.78, 5) is 18.8. The number of hydrogen-bond acceptors (Lipinski definition) is 3. The highest BCUT2D eigenvalue weighted by molar-refractivity contribution is 6.42. The predicted molar refractivity (Wildman–Crippen MR) is 135 cm³/mol. The van der Waals surface area contributed by atoms with Gasteiger partial charge < -0.3 is 10.2 Å². The molecule has 1 heterocycles. The molecule has 14 heteroatoms. The Balaban J connectivity index is 1.95. The van der Waals surface area contributed by atoms with E-state index in [1.807, 2.05) is 0 Å². The number of nitrogens with zero attached hydrogens (tertiary/aromatic N) is 2. The van der Waals surface area contributed by atoms with Crippen molar-refractivity contribution < 1.29 is 35.5 Å². The van der Waals surface area contributed by atoms with Gasteiger partial charge in [0.15, 0.2) is 0 Å². The van der Waals surface area contributed by atoms with Crippen LogP contribution in [0.3, 0.4) is 0 Å². The summed E-state index contributed by atoms with van der Waals surface area (Å²) in [6, 6.07) is 8.80. The van der Waals surface area contributed by atoms with Crippen molar-refractivity contribution in [3.63, 3.8) is 0 Å². The van der Waals surface area contributed by atoms with Crippen LogP contribution in [0.25, 0.3) is 0 Å². The maximum Gasteiger partial charge on any atom is 0.435 e. The Morgan fingerprint density at radius 2 is 1.46 bits per heavy atom. The summed E-state index contributed by atoms with van der Waals surface area (Å²) in [5, 5.41) is 3.51. The van der Waals surface area contributed by atoms with E-state index in [0.29, 0.717) is 22.7 Å². The van der Waals surface area contributed by atoms with E-state index < -0.39 is 29.5 Å². The van der Waals surface area contributed by atoms with Crippen LogP contribution < -0.4 is 5.32 Å². The fraction of sp³-hybridized carbons (Fsp3) is 0.280. The Morgan fingerprint density at radius 3 is 2.00 bits per heavy atom. The standard InChI is InChI=1S/C25H19Cl3F7N3O/c1-36-21-18(11-17(26)12-37-21)22(39)38(9-8-14-4-7-19(27)20(28)10-14)13-15-2-5-16(6-3-15)23(29,24(30,31)32)25(33,34)35/h2-7,10-12H,8-9,13H2,1H3,(H,36,37). The van der Waals surface area contributed by atoms with Crippen molar-refractivity contribution in [2.45, 2.75) is 31.0 Å². The minimum Gasteiger partial charge on any atom is -0.372 e. The summed E-state index contributed by atoms with van der Waals surface area (Å²) in [6.45, 7) is -0.195. The molecule has 2 aromatic carbocycles. The second kappa shape index (κ2) is 11.8. The molecule has 1 amide bonds. The number of nitrogens with one attached hydrogen (secondary N) is 1. The number of benzene rings is 2. The van der Waals surface area contributed by atoms with Gasteiger partial charge in [-0.2, -0.15) is 26.3 Å². The van der Waals surface area contributed by atoms with Crippen LogP contribution in [-0.2, 0) is 18.6 Å². The van der Waals surface area contributed by atoms with E-state index in [1.54, 1.807) is 18.2 Å². The van der Waals surface area contributed by atoms with Crippen molar-refractivity contribution in [2.75, 3.05) is 18.9 Å². The molecular formula is C25H19Cl3F7N3O. The van der Waals surface area contributed by atoms with Crippen LogP contribution in [0.1, 0.15) is 27.0 Å². The van der Waals surface area contributed by atoms with Crippen molar-refractivity contribution in [3.05, 3.63) is 92.0 Å². The number of carbonyl (C=O) groups excluding carboxylic acids is 1. The minimum atomic E-state index is -6.24. The van der Waals surface area contributed by atoms with Crippen molar-refractivity contribution >= 4 is 46.5 Å². The number of anilines is 1. The highest BCUT2D eigenvalue weighted by Gasteiger charge is 2.73. The lowest BCUT2D eigenvalue weighted by molar-refractivity contribution is -0.348. The van der Waals surface area contributed by atoms with Crippen LogP contribution in [0.4, 0.5) is 36.6 Å². The van der Waals surface area contributed by atoms with E-state index in [-0.39, 0.29) is 46.5 Å². The van der Waals surface area contributed by atoms with E-state index >= 15 is 0 Å². The smallest absolute Gasteiger partial charge is 0.372 e. The van der Waals surface area contributed by atoms with Crippen molar-refractivity contribution in [1.82, 2.24) is 9.88 Å². The average molecular weight is 617 g/mol. The van der Waals surface area contributed by atoms with Crippen LogP contribution >= 0.6 is 34.8 Å². The van der Waals surface area contributed by atoms with E-state index in [2.05, 4.69) is 10.3 Å². The zero-order chi connectivity index (χ0) is 29.2. The SMILES string of the molecule is CNc1ncc(Cl)cc1C(=O)N(CCc1ccc(Cl)c(Cl)c1)Cc1ccc(C(F)(C(F)(F)F)C(F)(F)F)cc1. The van der Waals surface area contributed by atoms with Gasteiger partial charge in [0.1, 0.15) is 5.82 Å². The van der Waals surface area contributed by atoms with E-state index in [4.69, 9.17) is 34.8 Å². The molecule has 0 atom stereocenters. The highest BCUT2D eigenvalue weighted by atomic mass is 35.5. The van der Waals surface area contributed by atoms with Gasteiger partial charge in [0.2, 0.25) is 0 Å². The zero-order valence-corrected chi connectivity index (χ0v) is 22.2. The largest absolute Gasteiger partial charge is 0.435 e. The summed E-state index contributed by atoms with van der Waals surface area (Å²) in [6.07, 6.45) is -10.9. The van der Waals surface area contributed by atoms with Crippen LogP contribution in [0, 0.1) is 0 Å². The molecule has 0 bridgehead atoms. The molecule has 1 N–H and O–H groups in total. The lowest BCUT2D eigenvalue weighted by Crippen LogP contribution is -2.50. The van der Waals surface area contributed by atoms with Crippen molar-refractivity contribution in [1.29, 1.82) is 0 Å². The third-order valence-electron chi connectivity index (χ3n) is 5.77. The minimum absolute atomic E-state index is 0.0480. The highest BCUT2D eigenvalue weighted by Crippen LogP contribution is 2.53. The molecule has 0 radical (unpaired) electrons. The second-order valence-corrected chi connectivity index (χ2v) is 9.63. The van der Waals surface area contributed by atoms with Crippen LogP contribution in [0.2, 0.25) is 15.1 Å². The predicted octanol–water partition coefficient (Wildman–Crippen LogP) is 8.26. The zero-order valence-electron chi connectivity index (χ0n) is 19.9. The molecule has 0 aliphatic heterocycles. The van der Waals surface area contributed by atoms with Gasteiger partial charge in [-0.15, -0.1) is 0 Å². The Labute approximate surface area is 233 Å². The Hall–Kier alpha value is -2.76. The van der Waals surface area contributed by atoms with Crippen LogP contribution in [-0.4, -0.2) is 41.7 Å². The van der Waals surface area contributed by atoms with E-state index in [0.717, 1.165) is 12.1 Å². The molecule has 0 spiro atoms. The summed E-state index contributed by atoms with van der Waals surface area (Å²) in [5.41, 5.74) is -6.26. The number of rotatable bonds is 8.